The van der Waals surface area contributed by atoms with Crippen molar-refractivity contribution in [1.29, 1.82) is 0 Å². The van der Waals surface area contributed by atoms with Crippen LogP contribution in [-0.4, -0.2) is 20.8 Å². The molecular weight excluding hydrogens is 516 g/mol. The van der Waals surface area contributed by atoms with Crippen LogP contribution >= 0.6 is 0 Å². The van der Waals surface area contributed by atoms with Gasteiger partial charge in [-0.05, 0) is 46.7 Å². The zero-order chi connectivity index (χ0) is 28.8. The molecule has 0 fully saturated rings. The predicted molar refractivity (Wildman–Crippen MR) is 157 cm³/mol. The number of hydrogen-bond donors (Lipinski definition) is 1. The predicted octanol–water partition coefficient (Wildman–Crippen LogP) is 6.24. The number of aromatic nitrogens is 3. The van der Waals surface area contributed by atoms with Crippen LogP contribution in [0.25, 0.3) is 11.3 Å². The number of hydrogen-bond acceptors (Lipinski definition) is 6. The van der Waals surface area contributed by atoms with E-state index in [1.165, 1.54) is 0 Å². The Bertz CT molecular complexity index is 1610. The van der Waals surface area contributed by atoms with Gasteiger partial charge in [0.05, 0.1) is 11.3 Å². The Hall–Kier alpha value is -4.85. The number of carbonyl (C=O) groups excluding carboxylic acids is 1. The van der Waals surface area contributed by atoms with Crippen molar-refractivity contribution in [2.75, 3.05) is 0 Å². The summed E-state index contributed by atoms with van der Waals surface area (Å²) in [6, 6.07) is 26.1. The van der Waals surface area contributed by atoms with E-state index in [9.17, 15) is 4.79 Å². The van der Waals surface area contributed by atoms with Crippen LogP contribution in [0.5, 0.6) is 11.5 Å². The van der Waals surface area contributed by atoms with Crippen LogP contribution in [0, 0.1) is 0 Å². The van der Waals surface area contributed by atoms with Crippen molar-refractivity contribution < 1.29 is 18.8 Å². The number of nitrogens with zero attached hydrogens (tertiary/aromatic N) is 3. The lowest BCUT2D eigenvalue weighted by Crippen LogP contribution is -2.13. The van der Waals surface area contributed by atoms with Crippen LogP contribution < -0.4 is 15.2 Å². The molecule has 5 aromatic rings. The Labute approximate surface area is 239 Å². The number of nitrogens with two attached hydrogens (primary N) is 1. The lowest BCUT2D eigenvalue weighted by atomic mass is 9.95. The van der Waals surface area contributed by atoms with Gasteiger partial charge in [0.25, 0.3) is 5.91 Å². The minimum absolute atomic E-state index is 0.0941. The van der Waals surface area contributed by atoms with Crippen LogP contribution in [0.3, 0.4) is 0 Å². The highest BCUT2D eigenvalue weighted by atomic mass is 16.5. The maximum Gasteiger partial charge on any atom is 0.271 e. The van der Waals surface area contributed by atoms with E-state index in [-0.39, 0.29) is 11.6 Å². The Morgan fingerprint density at radius 3 is 2.10 bits per heavy atom. The third-order valence-electron chi connectivity index (χ3n) is 6.98. The molecule has 0 spiro atoms. The molecule has 2 N–H and O–H groups in total. The topological polar surface area (TPSA) is 105 Å². The van der Waals surface area contributed by atoms with E-state index in [1.54, 1.807) is 17.9 Å². The third kappa shape index (κ3) is 6.49. The summed E-state index contributed by atoms with van der Waals surface area (Å²) in [5, 5.41) is 8.24. The first-order valence-electron chi connectivity index (χ1n) is 13.7. The first-order chi connectivity index (χ1) is 19.9. The van der Waals surface area contributed by atoms with Gasteiger partial charge in [0.2, 0.25) is 0 Å². The first kappa shape index (κ1) is 27.7. The molecular formula is C33H34N4O4. The molecule has 0 saturated carbocycles. The van der Waals surface area contributed by atoms with Crippen LogP contribution in [0.1, 0.15) is 58.3 Å². The van der Waals surface area contributed by atoms with Crippen LogP contribution in [0.2, 0.25) is 0 Å². The van der Waals surface area contributed by atoms with Crippen molar-refractivity contribution >= 4 is 5.91 Å². The lowest BCUT2D eigenvalue weighted by molar-refractivity contribution is 0.0992. The molecule has 0 saturated heterocycles. The minimum atomic E-state index is -0.648. The van der Waals surface area contributed by atoms with Crippen LogP contribution in [-0.2, 0) is 33.1 Å². The Morgan fingerprint density at radius 2 is 1.54 bits per heavy atom. The second-order valence-electron chi connectivity index (χ2n) is 10.2. The number of rotatable bonds is 12. The van der Waals surface area contributed by atoms with E-state index in [1.807, 2.05) is 72.8 Å². The van der Waals surface area contributed by atoms with Gasteiger partial charge < -0.3 is 19.7 Å². The van der Waals surface area contributed by atoms with E-state index < -0.39 is 5.91 Å². The normalized spacial score (nSPS) is 11.1. The van der Waals surface area contributed by atoms with Gasteiger partial charge in [0, 0.05) is 25.7 Å². The second-order valence-corrected chi connectivity index (χ2v) is 10.2. The molecule has 5 rings (SSSR count). The van der Waals surface area contributed by atoms with E-state index in [4.69, 9.17) is 19.7 Å². The number of benzene rings is 3. The van der Waals surface area contributed by atoms with Crippen molar-refractivity contribution in [2.24, 2.45) is 12.8 Å². The van der Waals surface area contributed by atoms with Gasteiger partial charge in [-0.25, -0.2) is 0 Å². The average molecular weight is 551 g/mol. The molecule has 8 heteroatoms. The Balaban J connectivity index is 1.47. The minimum Gasteiger partial charge on any atom is -0.488 e. The van der Waals surface area contributed by atoms with Crippen molar-refractivity contribution in [1.82, 2.24) is 14.9 Å². The van der Waals surface area contributed by atoms with Gasteiger partial charge in [0.1, 0.15) is 30.5 Å². The first-order valence-corrected chi connectivity index (χ1v) is 13.7. The molecule has 210 valence electrons. The van der Waals surface area contributed by atoms with Gasteiger partial charge in [-0.2, -0.15) is 5.10 Å². The van der Waals surface area contributed by atoms with E-state index in [0.29, 0.717) is 43.1 Å². The summed E-state index contributed by atoms with van der Waals surface area (Å²) in [6.45, 7) is 5.17. The monoisotopic (exact) mass is 550 g/mol. The van der Waals surface area contributed by atoms with Crippen molar-refractivity contribution in [3.8, 4) is 22.8 Å². The third-order valence-corrected chi connectivity index (χ3v) is 6.98. The van der Waals surface area contributed by atoms with Gasteiger partial charge in [-0.3, -0.25) is 9.48 Å². The summed E-state index contributed by atoms with van der Waals surface area (Å²) in [5.74, 6) is 1.66. The fraction of sp³-hybridized carbons (Fsp3) is 0.242. The van der Waals surface area contributed by atoms with Crippen molar-refractivity contribution in [2.45, 2.75) is 45.8 Å². The van der Waals surface area contributed by atoms with Crippen LogP contribution in [0.15, 0.2) is 89.6 Å². The van der Waals surface area contributed by atoms with Gasteiger partial charge in [-0.15, -0.1) is 0 Å². The molecule has 8 nitrogen and oxygen atoms in total. The van der Waals surface area contributed by atoms with Crippen molar-refractivity contribution in [3.63, 3.8) is 0 Å². The largest absolute Gasteiger partial charge is 0.488 e. The molecule has 41 heavy (non-hydrogen) atoms. The molecule has 2 aromatic heterocycles. The Kier molecular flexibility index (Phi) is 8.48. The zero-order valence-electron chi connectivity index (χ0n) is 23.5. The standard InChI is InChI=1S/C33H34N4O4/c1-22(2)26-18-25(14-15-28-31(27-16-17-35-37(27)3)32(33(34)38)36-41-28)29(39-20-23-10-6-4-7-11-23)19-30(26)40-21-24-12-8-5-9-13-24/h4-13,16-19,22H,14-15,20-21H2,1-3H3,(H2,34,38). The second kappa shape index (κ2) is 12.6. The summed E-state index contributed by atoms with van der Waals surface area (Å²) in [5.41, 5.74) is 11.3. The van der Waals surface area contributed by atoms with E-state index in [0.717, 1.165) is 33.8 Å². The van der Waals surface area contributed by atoms with Crippen LogP contribution in [0.4, 0.5) is 0 Å². The summed E-state index contributed by atoms with van der Waals surface area (Å²) >= 11 is 0. The molecule has 0 aliphatic rings. The number of aryl methyl sites for hydroxylation is 3. The zero-order valence-corrected chi connectivity index (χ0v) is 23.5. The van der Waals surface area contributed by atoms with Gasteiger partial charge >= 0.3 is 0 Å². The highest BCUT2D eigenvalue weighted by Gasteiger charge is 2.24. The molecule has 0 atom stereocenters. The Morgan fingerprint density at radius 1 is 0.902 bits per heavy atom. The molecule has 1 amide bonds. The van der Waals surface area contributed by atoms with Gasteiger partial charge in [-0.1, -0.05) is 79.7 Å². The summed E-state index contributed by atoms with van der Waals surface area (Å²) in [7, 11) is 1.80. The number of ether oxygens (including phenoxy) is 2. The number of primary amides is 1. The summed E-state index contributed by atoms with van der Waals surface area (Å²) in [4.78, 5) is 12.1. The highest BCUT2D eigenvalue weighted by Crippen LogP contribution is 2.36. The fourth-order valence-electron chi connectivity index (χ4n) is 4.80. The van der Waals surface area contributed by atoms with Crippen molar-refractivity contribution in [3.05, 3.63) is 119 Å². The SMILES string of the molecule is CC(C)c1cc(CCc2onc(C(N)=O)c2-c2ccnn2C)c(OCc2ccccc2)cc1OCc1ccccc1. The smallest absolute Gasteiger partial charge is 0.271 e. The lowest BCUT2D eigenvalue weighted by Gasteiger charge is -2.20. The molecule has 0 aliphatic carbocycles. The fourth-order valence-corrected chi connectivity index (χ4v) is 4.80. The molecule has 0 radical (unpaired) electrons. The summed E-state index contributed by atoms with van der Waals surface area (Å²) in [6.07, 6.45) is 2.72. The molecule has 0 unspecified atom stereocenters. The highest BCUT2D eigenvalue weighted by molar-refractivity contribution is 5.97. The maximum absolute atomic E-state index is 12.1. The number of amides is 1. The van der Waals surface area contributed by atoms with Gasteiger partial charge in [0.15, 0.2) is 5.69 Å². The average Bonchev–Trinajstić information content (AvgIpc) is 3.60. The molecule has 0 aliphatic heterocycles. The molecule has 2 heterocycles. The van der Waals surface area contributed by atoms with E-state index in [2.05, 4.69) is 30.2 Å². The number of carbonyl (C=O) groups is 1. The summed E-state index contributed by atoms with van der Waals surface area (Å²) < 4.78 is 20.1. The quantitative estimate of drug-likeness (QED) is 0.197. The van der Waals surface area contributed by atoms with E-state index >= 15 is 0 Å². The molecule has 0 bridgehead atoms. The molecule has 3 aromatic carbocycles. The maximum atomic E-state index is 12.1.